The quantitative estimate of drug-likeness (QED) is 0.642. The molecule has 3 aromatic rings. The standard InChI is InChI=1S/C22H23F2N7O/c1-14-6-7-25-18(12-14)28-19-13-20(27-15(2)26-19)30-8-10-31(11-9-30)22(32)29-21-16(23)4-3-5-17(21)24/h3-7,12-13H,8-11H2,1-2H3,(H,29,32)(H,25,26,27,28). The highest BCUT2D eigenvalue weighted by Crippen LogP contribution is 2.22. The Kier molecular flexibility index (Phi) is 6.11. The zero-order chi connectivity index (χ0) is 22.7. The number of nitrogens with zero attached hydrogens (tertiary/aromatic N) is 5. The number of amides is 2. The second-order valence-corrected chi connectivity index (χ2v) is 7.50. The van der Waals surface area contributed by atoms with E-state index in [1.165, 1.54) is 11.0 Å². The average Bonchev–Trinajstić information content (AvgIpc) is 2.76. The molecule has 0 aliphatic carbocycles. The molecule has 10 heteroatoms. The van der Waals surface area contributed by atoms with Crippen LogP contribution in [0.4, 0.5) is 36.7 Å². The van der Waals surface area contributed by atoms with Crippen LogP contribution in [0, 0.1) is 25.5 Å². The summed E-state index contributed by atoms with van der Waals surface area (Å²) in [7, 11) is 0. The van der Waals surface area contributed by atoms with Gasteiger partial charge in [0.1, 0.15) is 40.6 Å². The van der Waals surface area contributed by atoms with Gasteiger partial charge < -0.3 is 20.4 Å². The minimum absolute atomic E-state index is 0.382. The Morgan fingerprint density at radius 2 is 1.69 bits per heavy atom. The molecule has 1 saturated heterocycles. The molecule has 1 aliphatic rings. The van der Waals surface area contributed by atoms with Crippen molar-refractivity contribution in [3.8, 4) is 0 Å². The van der Waals surface area contributed by atoms with Crippen LogP contribution < -0.4 is 15.5 Å². The molecule has 2 N–H and O–H groups in total. The highest BCUT2D eigenvalue weighted by atomic mass is 19.1. The monoisotopic (exact) mass is 439 g/mol. The van der Waals surface area contributed by atoms with E-state index >= 15 is 0 Å². The lowest BCUT2D eigenvalue weighted by atomic mass is 10.3. The molecule has 0 radical (unpaired) electrons. The number of rotatable bonds is 4. The second-order valence-electron chi connectivity index (χ2n) is 7.50. The van der Waals surface area contributed by atoms with Crippen molar-refractivity contribution in [1.82, 2.24) is 19.9 Å². The molecule has 1 fully saturated rings. The third-order valence-electron chi connectivity index (χ3n) is 5.08. The predicted octanol–water partition coefficient (Wildman–Crippen LogP) is 3.86. The van der Waals surface area contributed by atoms with Crippen LogP contribution in [0.5, 0.6) is 0 Å². The maximum absolute atomic E-state index is 13.8. The van der Waals surface area contributed by atoms with E-state index in [9.17, 15) is 13.6 Å². The van der Waals surface area contributed by atoms with Crippen LogP contribution in [-0.4, -0.2) is 52.1 Å². The molecule has 0 atom stereocenters. The number of para-hydroxylation sites is 1. The first-order valence-electron chi connectivity index (χ1n) is 10.2. The Balaban J connectivity index is 1.40. The van der Waals surface area contributed by atoms with E-state index in [1.54, 1.807) is 6.20 Å². The van der Waals surface area contributed by atoms with E-state index in [1.807, 2.05) is 36.9 Å². The minimum atomic E-state index is -0.809. The number of urea groups is 1. The van der Waals surface area contributed by atoms with Gasteiger partial charge in [-0.3, -0.25) is 0 Å². The summed E-state index contributed by atoms with van der Waals surface area (Å²) in [6.45, 7) is 5.60. The summed E-state index contributed by atoms with van der Waals surface area (Å²) >= 11 is 0. The summed E-state index contributed by atoms with van der Waals surface area (Å²) in [6, 6.07) is 8.59. The molecule has 2 aromatic heterocycles. The number of carbonyl (C=O) groups excluding carboxylic acids is 1. The normalized spacial score (nSPS) is 13.8. The minimum Gasteiger partial charge on any atom is -0.353 e. The molecule has 3 heterocycles. The molecular formula is C22H23F2N7O. The lowest BCUT2D eigenvalue weighted by Gasteiger charge is -2.35. The fraction of sp³-hybridized carbons (Fsp3) is 0.273. The predicted molar refractivity (Wildman–Crippen MR) is 118 cm³/mol. The summed E-state index contributed by atoms with van der Waals surface area (Å²) in [5, 5.41) is 5.52. The van der Waals surface area contributed by atoms with E-state index in [0.717, 1.165) is 23.5 Å². The summed E-state index contributed by atoms with van der Waals surface area (Å²) in [5.74, 6) is 1.03. The van der Waals surface area contributed by atoms with Gasteiger partial charge in [0, 0.05) is 38.4 Å². The Bertz CT molecular complexity index is 1110. The van der Waals surface area contributed by atoms with Gasteiger partial charge in [0.25, 0.3) is 0 Å². The first-order chi connectivity index (χ1) is 15.4. The molecule has 166 valence electrons. The third kappa shape index (κ3) is 4.90. The van der Waals surface area contributed by atoms with Crippen molar-refractivity contribution in [3.05, 3.63) is 65.6 Å². The van der Waals surface area contributed by atoms with Crippen molar-refractivity contribution < 1.29 is 13.6 Å². The van der Waals surface area contributed by atoms with Gasteiger partial charge in [0.15, 0.2) is 0 Å². The first-order valence-corrected chi connectivity index (χ1v) is 10.2. The van der Waals surface area contributed by atoms with E-state index < -0.39 is 23.4 Å². The highest BCUT2D eigenvalue weighted by molar-refractivity contribution is 5.89. The Morgan fingerprint density at radius 3 is 2.38 bits per heavy atom. The fourth-order valence-electron chi connectivity index (χ4n) is 3.46. The van der Waals surface area contributed by atoms with Gasteiger partial charge in [-0.15, -0.1) is 0 Å². The number of hydrogen-bond acceptors (Lipinski definition) is 6. The number of pyridine rings is 1. The van der Waals surface area contributed by atoms with Crippen molar-refractivity contribution in [2.24, 2.45) is 0 Å². The molecule has 2 amide bonds. The topological polar surface area (TPSA) is 86.3 Å². The van der Waals surface area contributed by atoms with Crippen molar-refractivity contribution in [1.29, 1.82) is 0 Å². The number of aromatic nitrogens is 3. The lowest BCUT2D eigenvalue weighted by Crippen LogP contribution is -2.50. The van der Waals surface area contributed by atoms with Crippen molar-refractivity contribution >= 4 is 29.2 Å². The molecule has 1 aromatic carbocycles. The number of aryl methyl sites for hydroxylation is 2. The zero-order valence-corrected chi connectivity index (χ0v) is 17.8. The van der Waals surface area contributed by atoms with Gasteiger partial charge in [-0.25, -0.2) is 28.5 Å². The molecule has 0 saturated carbocycles. The van der Waals surface area contributed by atoms with Gasteiger partial charge in [0.05, 0.1) is 0 Å². The van der Waals surface area contributed by atoms with E-state index in [-0.39, 0.29) is 0 Å². The average molecular weight is 439 g/mol. The fourth-order valence-corrected chi connectivity index (χ4v) is 3.46. The smallest absolute Gasteiger partial charge is 0.322 e. The summed E-state index contributed by atoms with van der Waals surface area (Å²) in [6.07, 6.45) is 1.73. The molecule has 1 aliphatic heterocycles. The largest absolute Gasteiger partial charge is 0.353 e. The van der Waals surface area contributed by atoms with Crippen LogP contribution in [0.1, 0.15) is 11.4 Å². The van der Waals surface area contributed by atoms with Crippen LogP contribution in [0.3, 0.4) is 0 Å². The number of halogens is 2. The molecule has 32 heavy (non-hydrogen) atoms. The zero-order valence-electron chi connectivity index (χ0n) is 17.8. The van der Waals surface area contributed by atoms with E-state index in [4.69, 9.17) is 0 Å². The van der Waals surface area contributed by atoms with Gasteiger partial charge in [-0.2, -0.15) is 0 Å². The second kappa shape index (κ2) is 9.13. The Labute approximate surface area is 184 Å². The van der Waals surface area contributed by atoms with Crippen molar-refractivity contribution in [2.75, 3.05) is 41.7 Å². The van der Waals surface area contributed by atoms with Crippen LogP contribution in [0.25, 0.3) is 0 Å². The number of benzene rings is 1. The van der Waals surface area contributed by atoms with Gasteiger partial charge in [-0.1, -0.05) is 6.07 Å². The maximum atomic E-state index is 13.8. The van der Waals surface area contributed by atoms with E-state index in [0.29, 0.717) is 43.6 Å². The van der Waals surface area contributed by atoms with E-state index in [2.05, 4.69) is 25.6 Å². The third-order valence-corrected chi connectivity index (χ3v) is 5.08. The Hall–Kier alpha value is -3.82. The lowest BCUT2D eigenvalue weighted by molar-refractivity contribution is 0.208. The van der Waals surface area contributed by atoms with Gasteiger partial charge in [-0.05, 0) is 43.7 Å². The highest BCUT2D eigenvalue weighted by Gasteiger charge is 2.24. The molecule has 4 rings (SSSR count). The van der Waals surface area contributed by atoms with Crippen molar-refractivity contribution in [3.63, 3.8) is 0 Å². The molecule has 0 unspecified atom stereocenters. The first kappa shape index (κ1) is 21.4. The Morgan fingerprint density at radius 1 is 0.969 bits per heavy atom. The summed E-state index contributed by atoms with van der Waals surface area (Å²) in [5.41, 5.74) is 0.644. The van der Waals surface area contributed by atoms with Crippen LogP contribution in [0.15, 0.2) is 42.6 Å². The maximum Gasteiger partial charge on any atom is 0.322 e. The summed E-state index contributed by atoms with van der Waals surface area (Å²) in [4.78, 5) is 29.3. The van der Waals surface area contributed by atoms with Gasteiger partial charge >= 0.3 is 6.03 Å². The number of anilines is 4. The van der Waals surface area contributed by atoms with Crippen LogP contribution in [-0.2, 0) is 0 Å². The van der Waals surface area contributed by atoms with Crippen LogP contribution in [0.2, 0.25) is 0 Å². The number of piperazine rings is 1. The molecular weight excluding hydrogens is 416 g/mol. The van der Waals surface area contributed by atoms with Crippen molar-refractivity contribution in [2.45, 2.75) is 13.8 Å². The molecule has 0 spiro atoms. The molecule has 8 nitrogen and oxygen atoms in total. The number of hydrogen-bond donors (Lipinski definition) is 2. The summed E-state index contributed by atoms with van der Waals surface area (Å²) < 4.78 is 27.6. The number of carbonyl (C=O) groups is 1. The molecule has 0 bridgehead atoms. The van der Waals surface area contributed by atoms with Gasteiger partial charge in [0.2, 0.25) is 0 Å². The van der Waals surface area contributed by atoms with Crippen LogP contribution >= 0.6 is 0 Å². The number of nitrogens with one attached hydrogen (secondary N) is 2. The SMILES string of the molecule is Cc1ccnc(Nc2cc(N3CCN(C(=O)Nc4c(F)cccc4F)CC3)nc(C)n2)c1.